The molecule has 0 fully saturated rings. The number of aryl methyl sites for hydroxylation is 1. The number of nitrogens with zero attached hydrogens (tertiary/aromatic N) is 5. The van der Waals surface area contributed by atoms with Gasteiger partial charge in [0.15, 0.2) is 0 Å². The number of carbonyl (C=O) groups excluding carboxylic acids is 1. The summed E-state index contributed by atoms with van der Waals surface area (Å²) >= 11 is 0. The van der Waals surface area contributed by atoms with E-state index in [2.05, 4.69) is 25.7 Å². The summed E-state index contributed by atoms with van der Waals surface area (Å²) in [5.74, 6) is 0.352. The normalized spacial score (nSPS) is 11.0. The lowest BCUT2D eigenvalue weighted by Gasteiger charge is -2.05. The molecule has 0 radical (unpaired) electrons. The molecule has 29 heavy (non-hydrogen) atoms. The van der Waals surface area contributed by atoms with Crippen LogP contribution in [0.5, 0.6) is 0 Å². The molecular formula is C20H21N7O2. The fourth-order valence-corrected chi connectivity index (χ4v) is 3.22. The molecule has 0 bridgehead atoms. The third kappa shape index (κ3) is 3.94. The maximum atomic E-state index is 11.3. The molecule has 3 aromatic heterocycles. The number of benzene rings is 1. The van der Waals surface area contributed by atoms with Gasteiger partial charge in [0.1, 0.15) is 0 Å². The predicted molar refractivity (Wildman–Crippen MR) is 111 cm³/mol. The Labute approximate surface area is 167 Å². The van der Waals surface area contributed by atoms with Gasteiger partial charge in [-0.25, -0.2) is 9.97 Å². The number of hydrogen-bond donors (Lipinski definition) is 3. The molecule has 4 aromatic rings. The number of carbonyl (C=O) groups is 1. The number of aliphatic hydroxyl groups excluding tert-OH is 1. The minimum absolute atomic E-state index is 0.0256. The first-order chi connectivity index (χ1) is 14.0. The van der Waals surface area contributed by atoms with Crippen LogP contribution in [0, 0.1) is 0 Å². The van der Waals surface area contributed by atoms with Gasteiger partial charge in [-0.3, -0.25) is 9.48 Å². The van der Waals surface area contributed by atoms with E-state index in [1.165, 1.54) is 6.92 Å². The first-order valence-electron chi connectivity index (χ1n) is 9.14. The monoisotopic (exact) mass is 391 g/mol. The van der Waals surface area contributed by atoms with E-state index in [0.717, 1.165) is 33.5 Å². The summed E-state index contributed by atoms with van der Waals surface area (Å²) < 4.78 is 3.65. The average Bonchev–Trinajstić information content (AvgIpc) is 3.26. The topological polar surface area (TPSA) is 110 Å². The maximum absolute atomic E-state index is 11.3. The van der Waals surface area contributed by atoms with Crippen LogP contribution in [0.3, 0.4) is 0 Å². The van der Waals surface area contributed by atoms with Crippen molar-refractivity contribution in [3.63, 3.8) is 0 Å². The summed E-state index contributed by atoms with van der Waals surface area (Å²) in [6.07, 6.45) is 7.15. The number of fused-ring (bicyclic) bond motifs is 1. The first-order valence-corrected chi connectivity index (χ1v) is 9.14. The van der Waals surface area contributed by atoms with E-state index in [0.29, 0.717) is 12.5 Å². The highest BCUT2D eigenvalue weighted by molar-refractivity contribution is 5.99. The summed E-state index contributed by atoms with van der Waals surface area (Å²) in [6, 6.07) is 7.65. The number of aliphatic hydroxyl groups is 1. The van der Waals surface area contributed by atoms with Crippen LogP contribution in [-0.2, 0) is 18.4 Å². The summed E-state index contributed by atoms with van der Waals surface area (Å²) in [4.78, 5) is 20.2. The smallest absolute Gasteiger partial charge is 0.227 e. The van der Waals surface area contributed by atoms with Crippen LogP contribution >= 0.6 is 0 Å². The van der Waals surface area contributed by atoms with E-state index in [1.54, 1.807) is 23.3 Å². The zero-order valence-electron chi connectivity index (χ0n) is 16.1. The number of rotatable bonds is 6. The van der Waals surface area contributed by atoms with E-state index < -0.39 is 0 Å². The van der Waals surface area contributed by atoms with Crippen molar-refractivity contribution < 1.29 is 9.90 Å². The Hall–Kier alpha value is -3.72. The van der Waals surface area contributed by atoms with Gasteiger partial charge in [-0.2, -0.15) is 5.10 Å². The number of anilines is 3. The zero-order valence-corrected chi connectivity index (χ0v) is 16.1. The highest BCUT2D eigenvalue weighted by Crippen LogP contribution is 2.31. The molecule has 9 heteroatoms. The molecule has 9 nitrogen and oxygen atoms in total. The molecule has 0 unspecified atom stereocenters. The second-order valence-electron chi connectivity index (χ2n) is 6.67. The standard InChI is InChI=1S/C20H21N7O2/c1-13(29)23-14-3-4-16-17(12-26(2)19(16)9-14)18-5-6-21-20(25-18)24-15-10-22-27(11-15)7-8-28/h3-6,9-12,28H,7-8H2,1-2H3,(H,23,29)(H,21,24,25). The molecule has 4 rings (SSSR count). The van der Waals surface area contributed by atoms with E-state index in [4.69, 9.17) is 5.11 Å². The number of aromatic nitrogens is 5. The van der Waals surface area contributed by atoms with Crippen molar-refractivity contribution in [3.8, 4) is 11.3 Å². The third-order valence-electron chi connectivity index (χ3n) is 4.46. The highest BCUT2D eigenvalue weighted by atomic mass is 16.3. The van der Waals surface area contributed by atoms with Gasteiger partial charge in [-0.1, -0.05) is 6.07 Å². The van der Waals surface area contributed by atoms with Crippen molar-refractivity contribution in [2.45, 2.75) is 13.5 Å². The van der Waals surface area contributed by atoms with Crippen molar-refractivity contribution in [2.24, 2.45) is 7.05 Å². The van der Waals surface area contributed by atoms with E-state index in [1.807, 2.05) is 42.1 Å². The molecule has 1 aromatic carbocycles. The fraction of sp³-hybridized carbons (Fsp3) is 0.200. The Bertz CT molecular complexity index is 1180. The molecule has 0 atom stereocenters. The van der Waals surface area contributed by atoms with E-state index in [-0.39, 0.29) is 12.5 Å². The van der Waals surface area contributed by atoms with Crippen LogP contribution in [0.1, 0.15) is 6.92 Å². The van der Waals surface area contributed by atoms with Gasteiger partial charge in [-0.05, 0) is 18.2 Å². The maximum Gasteiger partial charge on any atom is 0.227 e. The van der Waals surface area contributed by atoms with E-state index in [9.17, 15) is 4.79 Å². The number of hydrogen-bond acceptors (Lipinski definition) is 6. The molecule has 0 aliphatic rings. The summed E-state index contributed by atoms with van der Waals surface area (Å²) in [5.41, 5.74) is 4.24. The average molecular weight is 391 g/mol. The minimum atomic E-state index is -0.104. The van der Waals surface area contributed by atoms with Crippen molar-refractivity contribution >= 4 is 34.1 Å². The molecule has 0 spiro atoms. The second-order valence-corrected chi connectivity index (χ2v) is 6.67. The van der Waals surface area contributed by atoms with Crippen LogP contribution < -0.4 is 10.6 Å². The highest BCUT2D eigenvalue weighted by Gasteiger charge is 2.12. The molecule has 0 aliphatic carbocycles. The van der Waals surface area contributed by atoms with Gasteiger partial charge < -0.3 is 20.3 Å². The first kappa shape index (κ1) is 18.6. The minimum Gasteiger partial charge on any atom is -0.394 e. The van der Waals surface area contributed by atoms with Gasteiger partial charge in [0.25, 0.3) is 0 Å². The van der Waals surface area contributed by atoms with Crippen LogP contribution in [0.2, 0.25) is 0 Å². The van der Waals surface area contributed by atoms with Crippen molar-refractivity contribution in [1.29, 1.82) is 0 Å². The lowest BCUT2D eigenvalue weighted by atomic mass is 10.1. The Morgan fingerprint density at radius 2 is 2.07 bits per heavy atom. The third-order valence-corrected chi connectivity index (χ3v) is 4.46. The molecule has 1 amide bonds. The molecule has 0 aliphatic heterocycles. The van der Waals surface area contributed by atoms with Crippen LogP contribution in [0.25, 0.3) is 22.2 Å². The molecule has 148 valence electrons. The Balaban J connectivity index is 1.65. The number of amides is 1. The van der Waals surface area contributed by atoms with Crippen molar-refractivity contribution in [1.82, 2.24) is 24.3 Å². The molecule has 3 N–H and O–H groups in total. The quantitative estimate of drug-likeness (QED) is 0.466. The lowest BCUT2D eigenvalue weighted by molar-refractivity contribution is -0.114. The van der Waals surface area contributed by atoms with Gasteiger partial charge in [0, 0.05) is 49.2 Å². The van der Waals surface area contributed by atoms with Crippen LogP contribution in [0.15, 0.2) is 49.1 Å². The SMILES string of the molecule is CC(=O)Nc1ccc2c(-c3ccnc(Nc4cnn(CCO)c4)n3)cn(C)c2c1. The molecule has 0 saturated carbocycles. The largest absolute Gasteiger partial charge is 0.394 e. The van der Waals surface area contributed by atoms with Gasteiger partial charge in [0.2, 0.25) is 11.9 Å². The Morgan fingerprint density at radius 3 is 2.86 bits per heavy atom. The Kier molecular flexibility index (Phi) is 4.96. The molecule has 3 heterocycles. The lowest BCUT2D eigenvalue weighted by Crippen LogP contribution is -2.05. The summed E-state index contributed by atoms with van der Waals surface area (Å²) in [5, 5.41) is 20.1. The predicted octanol–water partition coefficient (Wildman–Crippen LogP) is 2.53. The molecule has 0 saturated heterocycles. The van der Waals surface area contributed by atoms with Crippen molar-refractivity contribution in [2.75, 3.05) is 17.2 Å². The van der Waals surface area contributed by atoms with Crippen molar-refractivity contribution in [3.05, 3.63) is 49.1 Å². The fourth-order valence-electron chi connectivity index (χ4n) is 3.22. The molecular weight excluding hydrogens is 370 g/mol. The summed E-state index contributed by atoms with van der Waals surface area (Å²) in [6.45, 7) is 1.94. The Morgan fingerprint density at radius 1 is 1.21 bits per heavy atom. The second kappa shape index (κ2) is 7.72. The van der Waals surface area contributed by atoms with E-state index >= 15 is 0 Å². The van der Waals surface area contributed by atoms with Crippen LogP contribution in [-0.4, -0.2) is 41.9 Å². The summed E-state index contributed by atoms with van der Waals surface area (Å²) in [7, 11) is 1.96. The van der Waals surface area contributed by atoms with Gasteiger partial charge in [0.05, 0.1) is 36.2 Å². The van der Waals surface area contributed by atoms with Crippen LogP contribution in [0.4, 0.5) is 17.3 Å². The zero-order chi connectivity index (χ0) is 20.4. The van der Waals surface area contributed by atoms with Gasteiger partial charge in [-0.15, -0.1) is 0 Å². The van der Waals surface area contributed by atoms with Gasteiger partial charge >= 0.3 is 0 Å². The number of nitrogens with one attached hydrogen (secondary N) is 2.